The minimum atomic E-state index is -0.719. The predicted molar refractivity (Wildman–Crippen MR) is 62.1 cm³/mol. The maximum absolute atomic E-state index is 13.4. The van der Waals surface area contributed by atoms with Crippen LogP contribution in [0.2, 0.25) is 5.02 Å². The Kier molecular flexibility index (Phi) is 3.57. The Morgan fingerprint density at radius 3 is 2.56 bits per heavy atom. The molecule has 1 heterocycles. The molecular weight excluding hydrogens is 264 g/mol. The van der Waals surface area contributed by atoms with E-state index >= 15 is 0 Å². The summed E-state index contributed by atoms with van der Waals surface area (Å²) in [7, 11) is 0. The number of benzene rings is 1. The van der Waals surface area contributed by atoms with Crippen LogP contribution in [0.1, 0.15) is 5.56 Å². The number of aromatic nitrogens is 2. The van der Waals surface area contributed by atoms with Crippen LogP contribution in [0.3, 0.4) is 0 Å². The molecule has 7 heteroatoms. The fourth-order valence-corrected chi connectivity index (χ4v) is 1.50. The van der Waals surface area contributed by atoms with Crippen molar-refractivity contribution in [2.24, 2.45) is 0 Å². The lowest BCUT2D eigenvalue weighted by Gasteiger charge is -2.09. The summed E-state index contributed by atoms with van der Waals surface area (Å²) in [6.07, 6.45) is 2.76. The van der Waals surface area contributed by atoms with Crippen molar-refractivity contribution in [1.29, 1.82) is 0 Å². The van der Waals surface area contributed by atoms with Crippen LogP contribution in [0, 0.1) is 11.6 Å². The minimum Gasteiger partial charge on any atom is -0.470 e. The fraction of sp³-hybridized carbons (Fsp3) is 0.0909. The molecule has 0 unspecified atom stereocenters. The molecule has 18 heavy (non-hydrogen) atoms. The number of rotatable bonds is 3. The molecule has 1 aromatic heterocycles. The van der Waals surface area contributed by atoms with Crippen molar-refractivity contribution in [2.75, 3.05) is 5.73 Å². The van der Waals surface area contributed by atoms with Crippen LogP contribution in [-0.4, -0.2) is 9.97 Å². The Labute approximate surface area is 106 Å². The van der Waals surface area contributed by atoms with Gasteiger partial charge in [0.1, 0.15) is 18.2 Å². The quantitative estimate of drug-likeness (QED) is 0.872. The Hall–Kier alpha value is -1.95. The van der Waals surface area contributed by atoms with Crippen molar-refractivity contribution in [3.8, 4) is 5.88 Å². The second-order valence-electron chi connectivity index (χ2n) is 3.36. The van der Waals surface area contributed by atoms with Crippen LogP contribution in [-0.2, 0) is 6.61 Å². The smallest absolute Gasteiger partial charge is 0.257 e. The standard InChI is InChI=1S/C11H8ClF2N3O/c12-9-6(7(13)1-2-8(9)14)5-18-11-10(15)16-3-4-17-11/h1-4H,5H2,(H2,15,16). The van der Waals surface area contributed by atoms with Crippen LogP contribution < -0.4 is 10.5 Å². The van der Waals surface area contributed by atoms with E-state index in [1.54, 1.807) is 0 Å². The molecule has 1 aromatic carbocycles. The molecule has 2 N–H and O–H groups in total. The monoisotopic (exact) mass is 271 g/mol. The van der Waals surface area contributed by atoms with E-state index in [1.165, 1.54) is 12.4 Å². The maximum atomic E-state index is 13.4. The highest BCUT2D eigenvalue weighted by molar-refractivity contribution is 6.31. The zero-order valence-corrected chi connectivity index (χ0v) is 9.79. The molecule has 0 aliphatic heterocycles. The average Bonchev–Trinajstić information content (AvgIpc) is 2.36. The molecule has 2 aromatic rings. The molecule has 0 aliphatic rings. The van der Waals surface area contributed by atoms with Gasteiger partial charge in [0, 0.05) is 18.0 Å². The zero-order valence-electron chi connectivity index (χ0n) is 9.03. The number of hydrogen-bond acceptors (Lipinski definition) is 4. The third-order valence-corrected chi connectivity index (χ3v) is 2.59. The summed E-state index contributed by atoms with van der Waals surface area (Å²) in [5.41, 5.74) is 5.40. The minimum absolute atomic E-state index is 0.0391. The van der Waals surface area contributed by atoms with Gasteiger partial charge in [0.15, 0.2) is 5.82 Å². The molecule has 0 atom stereocenters. The Bertz CT molecular complexity index is 580. The lowest BCUT2D eigenvalue weighted by molar-refractivity contribution is 0.288. The van der Waals surface area contributed by atoms with E-state index in [4.69, 9.17) is 22.1 Å². The number of halogens is 3. The highest BCUT2D eigenvalue weighted by Gasteiger charge is 2.13. The summed E-state index contributed by atoms with van der Waals surface area (Å²) in [5.74, 6) is -1.28. The van der Waals surface area contributed by atoms with E-state index in [0.29, 0.717) is 0 Å². The second kappa shape index (κ2) is 5.14. The summed E-state index contributed by atoms with van der Waals surface area (Å²) in [5, 5.41) is -0.322. The summed E-state index contributed by atoms with van der Waals surface area (Å²) in [6.45, 7) is -0.286. The third-order valence-electron chi connectivity index (χ3n) is 2.18. The molecule has 0 aliphatic carbocycles. The number of ether oxygens (including phenoxy) is 1. The van der Waals surface area contributed by atoms with Crippen LogP contribution in [0.4, 0.5) is 14.6 Å². The van der Waals surface area contributed by atoms with Gasteiger partial charge < -0.3 is 10.5 Å². The van der Waals surface area contributed by atoms with E-state index < -0.39 is 11.6 Å². The molecule has 0 fully saturated rings. The van der Waals surface area contributed by atoms with Gasteiger partial charge in [0.25, 0.3) is 5.88 Å². The SMILES string of the molecule is Nc1nccnc1OCc1c(F)ccc(F)c1Cl. The Morgan fingerprint density at radius 2 is 1.83 bits per heavy atom. The van der Waals surface area contributed by atoms with E-state index in [2.05, 4.69) is 9.97 Å². The van der Waals surface area contributed by atoms with Crippen molar-refractivity contribution in [3.63, 3.8) is 0 Å². The molecule has 4 nitrogen and oxygen atoms in total. The van der Waals surface area contributed by atoms with Gasteiger partial charge in [-0.1, -0.05) is 11.6 Å². The highest BCUT2D eigenvalue weighted by Crippen LogP contribution is 2.24. The average molecular weight is 272 g/mol. The highest BCUT2D eigenvalue weighted by atomic mass is 35.5. The lowest BCUT2D eigenvalue weighted by Crippen LogP contribution is -2.05. The maximum Gasteiger partial charge on any atom is 0.257 e. The largest absolute Gasteiger partial charge is 0.470 e. The first-order chi connectivity index (χ1) is 8.59. The van der Waals surface area contributed by atoms with E-state index in [9.17, 15) is 8.78 Å². The van der Waals surface area contributed by atoms with Gasteiger partial charge in [-0.15, -0.1) is 0 Å². The summed E-state index contributed by atoms with van der Waals surface area (Å²) in [6, 6.07) is 1.91. The molecule has 0 bridgehead atoms. The van der Waals surface area contributed by atoms with Crippen molar-refractivity contribution in [3.05, 3.63) is 46.7 Å². The molecule has 2 rings (SSSR count). The van der Waals surface area contributed by atoms with Crippen molar-refractivity contribution >= 4 is 17.4 Å². The normalized spacial score (nSPS) is 10.4. The second-order valence-corrected chi connectivity index (χ2v) is 3.74. The van der Waals surface area contributed by atoms with Gasteiger partial charge in [-0.25, -0.2) is 18.7 Å². The van der Waals surface area contributed by atoms with Crippen LogP contribution in [0.15, 0.2) is 24.5 Å². The Morgan fingerprint density at radius 1 is 1.17 bits per heavy atom. The summed E-state index contributed by atoms with van der Waals surface area (Å²) in [4.78, 5) is 7.55. The fourth-order valence-electron chi connectivity index (χ4n) is 1.29. The lowest BCUT2D eigenvalue weighted by atomic mass is 10.2. The number of anilines is 1. The van der Waals surface area contributed by atoms with Crippen molar-refractivity contribution in [2.45, 2.75) is 6.61 Å². The Balaban J connectivity index is 2.21. The van der Waals surface area contributed by atoms with Crippen LogP contribution in [0.25, 0.3) is 0 Å². The zero-order chi connectivity index (χ0) is 13.1. The molecule has 94 valence electrons. The number of nitrogens with zero attached hydrogens (tertiary/aromatic N) is 2. The van der Waals surface area contributed by atoms with Gasteiger partial charge in [-0.2, -0.15) is 0 Å². The predicted octanol–water partition coefficient (Wildman–Crippen LogP) is 2.57. The van der Waals surface area contributed by atoms with Crippen LogP contribution >= 0.6 is 11.6 Å². The van der Waals surface area contributed by atoms with Crippen molar-refractivity contribution < 1.29 is 13.5 Å². The molecule has 0 saturated carbocycles. The first-order valence-corrected chi connectivity index (χ1v) is 5.29. The van der Waals surface area contributed by atoms with Gasteiger partial charge in [0.2, 0.25) is 0 Å². The summed E-state index contributed by atoms with van der Waals surface area (Å²) >= 11 is 5.64. The number of hydrogen-bond donors (Lipinski definition) is 1. The number of nitrogens with two attached hydrogens (primary N) is 1. The first-order valence-electron chi connectivity index (χ1n) is 4.91. The van der Waals surface area contributed by atoms with Gasteiger partial charge in [-0.05, 0) is 12.1 Å². The van der Waals surface area contributed by atoms with E-state index in [1.807, 2.05) is 0 Å². The molecular formula is C11H8ClF2N3O. The van der Waals surface area contributed by atoms with E-state index in [-0.39, 0.29) is 28.9 Å². The number of nitrogen functional groups attached to an aromatic ring is 1. The van der Waals surface area contributed by atoms with Gasteiger partial charge >= 0.3 is 0 Å². The summed E-state index contributed by atoms with van der Waals surface area (Å²) < 4.78 is 31.7. The first kappa shape index (κ1) is 12.5. The topological polar surface area (TPSA) is 61.0 Å². The van der Waals surface area contributed by atoms with Gasteiger partial charge in [0.05, 0.1) is 5.02 Å². The molecule has 0 amide bonds. The van der Waals surface area contributed by atoms with Crippen LogP contribution in [0.5, 0.6) is 5.88 Å². The van der Waals surface area contributed by atoms with Gasteiger partial charge in [-0.3, -0.25) is 0 Å². The molecule has 0 radical (unpaired) electrons. The van der Waals surface area contributed by atoms with Crippen molar-refractivity contribution in [1.82, 2.24) is 9.97 Å². The third kappa shape index (κ3) is 2.48. The molecule has 0 saturated heterocycles. The molecule has 0 spiro atoms. The van der Waals surface area contributed by atoms with E-state index in [0.717, 1.165) is 12.1 Å².